The number of hydrogen-bond acceptors (Lipinski definition) is 4. The molecule has 0 aliphatic carbocycles. The molecule has 0 saturated carbocycles. The zero-order valence-electron chi connectivity index (χ0n) is 10.4. The molecule has 1 aromatic rings. The highest BCUT2D eigenvalue weighted by molar-refractivity contribution is 6.18. The number of nitrogens with one attached hydrogen (secondary N) is 1. The van der Waals surface area contributed by atoms with Crippen molar-refractivity contribution in [1.29, 1.82) is 0 Å². The first-order valence-corrected chi connectivity index (χ1v) is 6.65. The number of hydrogen-bond donors (Lipinski definition) is 1. The summed E-state index contributed by atoms with van der Waals surface area (Å²) in [6, 6.07) is 0. The van der Waals surface area contributed by atoms with Gasteiger partial charge in [0.25, 0.3) is 0 Å². The van der Waals surface area contributed by atoms with E-state index < -0.39 is 0 Å². The Morgan fingerprint density at radius 3 is 2.78 bits per heavy atom. The molecule has 1 saturated heterocycles. The van der Waals surface area contributed by atoms with E-state index in [-0.39, 0.29) is 17.2 Å². The minimum Gasteiger partial charge on any atom is -0.381 e. The number of ether oxygens (including phenoxy) is 1. The van der Waals surface area contributed by atoms with Gasteiger partial charge in [0.1, 0.15) is 6.33 Å². The summed E-state index contributed by atoms with van der Waals surface area (Å²) < 4.78 is 19.4. The van der Waals surface area contributed by atoms with E-state index in [0.29, 0.717) is 31.2 Å². The Morgan fingerprint density at radius 2 is 2.17 bits per heavy atom. The van der Waals surface area contributed by atoms with Crippen LogP contribution in [0.15, 0.2) is 6.33 Å². The second kappa shape index (κ2) is 5.80. The molecule has 1 aromatic heterocycles. The summed E-state index contributed by atoms with van der Waals surface area (Å²) >= 11 is 6.03. The highest BCUT2D eigenvalue weighted by Crippen LogP contribution is 2.28. The third-order valence-corrected chi connectivity index (χ3v) is 3.80. The van der Waals surface area contributed by atoms with Crippen LogP contribution in [-0.2, 0) is 11.2 Å². The molecule has 2 rings (SSSR count). The molecule has 0 unspecified atom stereocenters. The molecule has 0 spiro atoms. The quantitative estimate of drug-likeness (QED) is 0.856. The standard InChI is InChI=1S/C12H17ClFN3O/c1-2-9-10(14)11(16-8-15-9)17-12(7-13)3-5-18-6-4-12/h8H,2-7H2,1H3,(H,15,16,17). The van der Waals surface area contributed by atoms with Crippen LogP contribution in [0.2, 0.25) is 0 Å². The highest BCUT2D eigenvalue weighted by Gasteiger charge is 2.33. The van der Waals surface area contributed by atoms with Gasteiger partial charge >= 0.3 is 0 Å². The van der Waals surface area contributed by atoms with Gasteiger partial charge < -0.3 is 10.1 Å². The summed E-state index contributed by atoms with van der Waals surface area (Å²) in [6.07, 6.45) is 3.42. The minimum absolute atomic E-state index is 0.240. The van der Waals surface area contributed by atoms with Gasteiger partial charge in [-0.2, -0.15) is 0 Å². The van der Waals surface area contributed by atoms with Gasteiger partial charge in [0.15, 0.2) is 11.6 Å². The largest absolute Gasteiger partial charge is 0.381 e. The van der Waals surface area contributed by atoms with Crippen molar-refractivity contribution in [2.75, 3.05) is 24.4 Å². The normalized spacial score (nSPS) is 18.6. The van der Waals surface area contributed by atoms with Crippen LogP contribution >= 0.6 is 11.6 Å². The Morgan fingerprint density at radius 1 is 1.44 bits per heavy atom. The van der Waals surface area contributed by atoms with E-state index in [2.05, 4.69) is 15.3 Å². The van der Waals surface area contributed by atoms with Gasteiger partial charge in [-0.25, -0.2) is 14.4 Å². The molecule has 1 N–H and O–H groups in total. The lowest BCUT2D eigenvalue weighted by Crippen LogP contribution is -2.46. The van der Waals surface area contributed by atoms with Crippen LogP contribution in [0.4, 0.5) is 10.2 Å². The van der Waals surface area contributed by atoms with Crippen LogP contribution in [0.5, 0.6) is 0 Å². The number of aromatic nitrogens is 2. The van der Waals surface area contributed by atoms with Crippen LogP contribution in [0.25, 0.3) is 0 Å². The molecule has 100 valence electrons. The van der Waals surface area contributed by atoms with E-state index >= 15 is 0 Å². The molecule has 0 radical (unpaired) electrons. The maximum Gasteiger partial charge on any atom is 0.186 e. The predicted molar refractivity (Wildman–Crippen MR) is 68.5 cm³/mol. The van der Waals surface area contributed by atoms with E-state index in [9.17, 15) is 4.39 Å². The molecule has 0 aromatic carbocycles. The number of halogens is 2. The smallest absolute Gasteiger partial charge is 0.186 e. The zero-order chi connectivity index (χ0) is 13.0. The molecule has 1 aliphatic rings. The van der Waals surface area contributed by atoms with Crippen molar-refractivity contribution in [2.45, 2.75) is 31.7 Å². The van der Waals surface area contributed by atoms with Crippen molar-refractivity contribution >= 4 is 17.4 Å². The second-order valence-corrected chi connectivity index (χ2v) is 4.76. The molecular formula is C12H17ClFN3O. The van der Waals surface area contributed by atoms with Crippen LogP contribution in [0.3, 0.4) is 0 Å². The second-order valence-electron chi connectivity index (χ2n) is 4.49. The first kappa shape index (κ1) is 13.5. The number of rotatable bonds is 4. The number of alkyl halides is 1. The van der Waals surface area contributed by atoms with Gasteiger partial charge in [-0.05, 0) is 19.3 Å². The number of anilines is 1. The summed E-state index contributed by atoms with van der Waals surface area (Å²) in [5.41, 5.74) is 0.0873. The Hall–Kier alpha value is -0.940. The molecule has 2 heterocycles. The van der Waals surface area contributed by atoms with E-state index in [4.69, 9.17) is 16.3 Å². The fraction of sp³-hybridized carbons (Fsp3) is 0.667. The Kier molecular flexibility index (Phi) is 4.35. The molecular weight excluding hydrogens is 257 g/mol. The van der Waals surface area contributed by atoms with Gasteiger partial charge in [-0.1, -0.05) is 6.92 Å². The van der Waals surface area contributed by atoms with E-state index in [1.54, 1.807) is 0 Å². The third-order valence-electron chi connectivity index (χ3n) is 3.29. The first-order chi connectivity index (χ1) is 8.71. The van der Waals surface area contributed by atoms with Gasteiger partial charge in [0.2, 0.25) is 0 Å². The predicted octanol–water partition coefficient (Wildman–Crippen LogP) is 2.38. The average molecular weight is 274 g/mol. The van der Waals surface area contributed by atoms with Crippen molar-refractivity contribution in [3.63, 3.8) is 0 Å². The van der Waals surface area contributed by atoms with Crippen LogP contribution < -0.4 is 5.32 Å². The Bertz CT molecular complexity index is 410. The molecule has 0 atom stereocenters. The summed E-state index contributed by atoms with van der Waals surface area (Å²) in [4.78, 5) is 7.89. The van der Waals surface area contributed by atoms with Crippen molar-refractivity contribution < 1.29 is 9.13 Å². The molecule has 6 heteroatoms. The average Bonchev–Trinajstić information content (AvgIpc) is 2.42. The van der Waals surface area contributed by atoms with Crippen molar-refractivity contribution in [3.05, 3.63) is 17.8 Å². The number of nitrogens with zero attached hydrogens (tertiary/aromatic N) is 2. The summed E-state index contributed by atoms with van der Waals surface area (Å²) in [7, 11) is 0. The first-order valence-electron chi connectivity index (χ1n) is 6.12. The third kappa shape index (κ3) is 2.72. The van der Waals surface area contributed by atoms with Crippen LogP contribution in [0.1, 0.15) is 25.5 Å². The SMILES string of the molecule is CCc1ncnc(NC2(CCl)CCOCC2)c1F. The molecule has 1 aliphatic heterocycles. The lowest BCUT2D eigenvalue weighted by molar-refractivity contribution is 0.0665. The van der Waals surface area contributed by atoms with Crippen LogP contribution in [0, 0.1) is 5.82 Å². The number of aryl methyl sites for hydroxylation is 1. The maximum atomic E-state index is 14.1. The molecule has 0 bridgehead atoms. The lowest BCUT2D eigenvalue weighted by Gasteiger charge is -2.36. The summed E-state index contributed by atoms with van der Waals surface area (Å²) in [6.45, 7) is 3.13. The van der Waals surface area contributed by atoms with Gasteiger partial charge in [-0.3, -0.25) is 0 Å². The van der Waals surface area contributed by atoms with E-state index in [1.807, 2.05) is 6.92 Å². The zero-order valence-corrected chi connectivity index (χ0v) is 11.1. The van der Waals surface area contributed by atoms with Crippen molar-refractivity contribution in [1.82, 2.24) is 9.97 Å². The van der Waals surface area contributed by atoms with Gasteiger partial charge in [-0.15, -0.1) is 11.6 Å². The molecule has 18 heavy (non-hydrogen) atoms. The fourth-order valence-corrected chi connectivity index (χ4v) is 2.38. The van der Waals surface area contributed by atoms with Crippen molar-refractivity contribution in [2.24, 2.45) is 0 Å². The Balaban J connectivity index is 2.21. The lowest BCUT2D eigenvalue weighted by atomic mass is 9.92. The topological polar surface area (TPSA) is 47.0 Å². The molecule has 4 nitrogen and oxygen atoms in total. The van der Waals surface area contributed by atoms with Gasteiger partial charge in [0, 0.05) is 19.1 Å². The van der Waals surface area contributed by atoms with Gasteiger partial charge in [0.05, 0.1) is 11.2 Å². The monoisotopic (exact) mass is 273 g/mol. The minimum atomic E-state index is -0.379. The van der Waals surface area contributed by atoms with Crippen molar-refractivity contribution in [3.8, 4) is 0 Å². The van der Waals surface area contributed by atoms with Crippen LogP contribution in [-0.4, -0.2) is 34.6 Å². The highest BCUT2D eigenvalue weighted by atomic mass is 35.5. The fourth-order valence-electron chi connectivity index (χ4n) is 2.05. The maximum absolute atomic E-state index is 14.1. The molecule has 0 amide bonds. The Labute approximate surface area is 111 Å². The summed E-state index contributed by atoms with van der Waals surface area (Å²) in [5, 5.41) is 3.15. The molecule has 1 fully saturated rings. The summed E-state index contributed by atoms with van der Waals surface area (Å²) in [5.74, 6) is 0.265. The van der Waals surface area contributed by atoms with E-state index in [0.717, 1.165) is 12.8 Å². The van der Waals surface area contributed by atoms with E-state index in [1.165, 1.54) is 6.33 Å².